The molecule has 0 amide bonds. The van der Waals surface area contributed by atoms with Gasteiger partial charge in [-0.05, 0) is 72.7 Å². The van der Waals surface area contributed by atoms with E-state index in [-0.39, 0.29) is 0 Å². The number of anilines is 1. The van der Waals surface area contributed by atoms with Crippen LogP contribution in [-0.4, -0.2) is 19.2 Å². The molecule has 0 fully saturated rings. The maximum absolute atomic E-state index is 5.59. The van der Waals surface area contributed by atoms with Crippen molar-refractivity contribution >= 4 is 16.6 Å². The van der Waals surface area contributed by atoms with Gasteiger partial charge < -0.3 is 14.8 Å². The summed E-state index contributed by atoms with van der Waals surface area (Å²) in [4.78, 5) is 5.33. The average molecular weight is 489 g/mol. The minimum Gasteiger partial charge on any atom is -0.497 e. The number of hydrogen-bond acceptors (Lipinski definition) is 4. The molecule has 4 aromatic carbocycles. The van der Waals surface area contributed by atoms with Crippen molar-refractivity contribution in [1.82, 2.24) is 4.98 Å². The maximum Gasteiger partial charge on any atom is 0.134 e. The molecule has 1 heterocycles. The number of aromatic nitrogens is 1. The number of aryl methyl sites for hydroxylation is 3. The van der Waals surface area contributed by atoms with Gasteiger partial charge in [-0.15, -0.1) is 0 Å². The van der Waals surface area contributed by atoms with Crippen LogP contribution in [0.4, 0.5) is 5.82 Å². The monoisotopic (exact) mass is 488 g/mol. The van der Waals surface area contributed by atoms with E-state index >= 15 is 0 Å². The molecule has 1 N–H and O–H groups in total. The highest BCUT2D eigenvalue weighted by molar-refractivity contribution is 6.08. The van der Waals surface area contributed by atoms with Crippen LogP contribution in [0, 0.1) is 20.8 Å². The Balaban J connectivity index is 1.76. The summed E-state index contributed by atoms with van der Waals surface area (Å²) in [6, 6.07) is 29.4. The summed E-state index contributed by atoms with van der Waals surface area (Å²) >= 11 is 0. The van der Waals surface area contributed by atoms with Gasteiger partial charge in [0.15, 0.2) is 0 Å². The van der Waals surface area contributed by atoms with E-state index < -0.39 is 0 Å². The summed E-state index contributed by atoms with van der Waals surface area (Å²) in [6.07, 6.45) is 0. The predicted molar refractivity (Wildman–Crippen MR) is 154 cm³/mol. The van der Waals surface area contributed by atoms with Crippen LogP contribution >= 0.6 is 0 Å². The number of nitrogens with one attached hydrogen (secondary N) is 1. The van der Waals surface area contributed by atoms with E-state index in [1.165, 1.54) is 16.7 Å². The van der Waals surface area contributed by atoms with Crippen molar-refractivity contribution in [3.63, 3.8) is 0 Å². The molecule has 0 aliphatic carbocycles. The molecule has 0 saturated carbocycles. The summed E-state index contributed by atoms with van der Waals surface area (Å²) in [5.74, 6) is 2.55. The van der Waals surface area contributed by atoms with Crippen molar-refractivity contribution in [1.29, 1.82) is 0 Å². The summed E-state index contributed by atoms with van der Waals surface area (Å²) < 4.78 is 10.9. The standard InChI is InChI=1S/C33H32N2O2/c1-21-12-17-28-29(18-21)31(25-10-7-11-27(19-25)37-5)32(30-22(2)8-6-9-23(30)3)35-33(28)34-20-24-13-15-26(36-4)16-14-24/h6-19H,20H2,1-5H3,(H,34,35). The third kappa shape index (κ3) is 4.88. The molecule has 0 bridgehead atoms. The molecular weight excluding hydrogens is 456 g/mol. The van der Waals surface area contributed by atoms with Crippen molar-refractivity contribution in [2.75, 3.05) is 19.5 Å². The average Bonchev–Trinajstić information content (AvgIpc) is 2.91. The second-order valence-corrected chi connectivity index (χ2v) is 9.43. The van der Waals surface area contributed by atoms with E-state index in [4.69, 9.17) is 14.5 Å². The van der Waals surface area contributed by atoms with E-state index in [1.807, 2.05) is 24.3 Å². The van der Waals surface area contributed by atoms with Crippen molar-refractivity contribution in [3.8, 4) is 33.9 Å². The molecule has 186 valence electrons. The minimum atomic E-state index is 0.657. The summed E-state index contributed by atoms with van der Waals surface area (Å²) in [6.45, 7) is 7.11. The Bertz CT molecular complexity index is 1550. The van der Waals surface area contributed by atoms with Gasteiger partial charge in [-0.3, -0.25) is 0 Å². The Morgan fingerprint density at radius 3 is 2.08 bits per heavy atom. The molecule has 0 saturated heterocycles. The van der Waals surface area contributed by atoms with Crippen molar-refractivity contribution in [2.24, 2.45) is 0 Å². The zero-order valence-electron chi connectivity index (χ0n) is 22.1. The first-order chi connectivity index (χ1) is 18.0. The second kappa shape index (κ2) is 10.4. The second-order valence-electron chi connectivity index (χ2n) is 9.43. The van der Waals surface area contributed by atoms with E-state index in [9.17, 15) is 0 Å². The number of methoxy groups -OCH3 is 2. The third-order valence-corrected chi connectivity index (χ3v) is 6.86. The first-order valence-electron chi connectivity index (χ1n) is 12.5. The Hall–Kier alpha value is -4.31. The number of benzene rings is 4. The largest absolute Gasteiger partial charge is 0.497 e. The Kier molecular flexibility index (Phi) is 6.82. The first-order valence-corrected chi connectivity index (χ1v) is 12.5. The molecular formula is C33H32N2O2. The molecule has 5 aromatic rings. The van der Waals surface area contributed by atoms with Gasteiger partial charge in [-0.2, -0.15) is 0 Å². The number of nitrogens with zero attached hydrogens (tertiary/aromatic N) is 1. The Labute approximate surface area is 218 Å². The smallest absolute Gasteiger partial charge is 0.134 e. The number of pyridine rings is 1. The highest BCUT2D eigenvalue weighted by atomic mass is 16.5. The number of ether oxygens (including phenoxy) is 2. The van der Waals surface area contributed by atoms with Gasteiger partial charge in [0.1, 0.15) is 17.3 Å². The van der Waals surface area contributed by atoms with Gasteiger partial charge in [0, 0.05) is 23.1 Å². The summed E-state index contributed by atoms with van der Waals surface area (Å²) in [5.41, 5.74) is 9.10. The molecule has 0 atom stereocenters. The van der Waals surface area contributed by atoms with Crippen LogP contribution in [-0.2, 0) is 6.54 Å². The van der Waals surface area contributed by atoms with Crippen LogP contribution in [0.1, 0.15) is 22.3 Å². The molecule has 37 heavy (non-hydrogen) atoms. The summed E-state index contributed by atoms with van der Waals surface area (Å²) in [7, 11) is 3.39. The number of fused-ring (bicyclic) bond motifs is 1. The highest BCUT2D eigenvalue weighted by Gasteiger charge is 2.20. The molecule has 4 heteroatoms. The lowest BCUT2D eigenvalue weighted by Gasteiger charge is -2.20. The molecule has 1 aromatic heterocycles. The van der Waals surface area contributed by atoms with E-state index in [0.29, 0.717) is 6.54 Å². The van der Waals surface area contributed by atoms with Crippen LogP contribution in [0.25, 0.3) is 33.2 Å². The fourth-order valence-corrected chi connectivity index (χ4v) is 4.93. The number of hydrogen-bond donors (Lipinski definition) is 1. The molecule has 0 radical (unpaired) electrons. The number of rotatable bonds is 7. The molecule has 0 spiro atoms. The zero-order valence-corrected chi connectivity index (χ0v) is 22.1. The molecule has 0 aliphatic rings. The zero-order chi connectivity index (χ0) is 25.9. The van der Waals surface area contributed by atoms with Crippen molar-refractivity contribution in [3.05, 3.63) is 107 Å². The molecule has 0 aliphatic heterocycles. The highest BCUT2D eigenvalue weighted by Crippen LogP contribution is 2.42. The maximum atomic E-state index is 5.59. The minimum absolute atomic E-state index is 0.657. The topological polar surface area (TPSA) is 43.4 Å². The van der Waals surface area contributed by atoms with Gasteiger partial charge in [0.2, 0.25) is 0 Å². The molecule has 0 unspecified atom stereocenters. The Morgan fingerprint density at radius 1 is 0.676 bits per heavy atom. The van der Waals surface area contributed by atoms with Crippen molar-refractivity contribution < 1.29 is 9.47 Å². The van der Waals surface area contributed by atoms with E-state index in [0.717, 1.165) is 56.0 Å². The Morgan fingerprint density at radius 2 is 1.38 bits per heavy atom. The lowest BCUT2D eigenvalue weighted by atomic mass is 9.89. The quantitative estimate of drug-likeness (QED) is 0.251. The van der Waals surface area contributed by atoms with Crippen LogP contribution in [0.15, 0.2) is 84.9 Å². The fourth-order valence-electron chi connectivity index (χ4n) is 4.93. The van der Waals surface area contributed by atoms with Gasteiger partial charge in [-0.1, -0.05) is 66.2 Å². The summed E-state index contributed by atoms with van der Waals surface area (Å²) in [5, 5.41) is 5.89. The van der Waals surface area contributed by atoms with Crippen molar-refractivity contribution in [2.45, 2.75) is 27.3 Å². The van der Waals surface area contributed by atoms with Crippen LogP contribution < -0.4 is 14.8 Å². The van der Waals surface area contributed by atoms with Crippen LogP contribution in [0.5, 0.6) is 11.5 Å². The van der Waals surface area contributed by atoms with E-state index in [1.54, 1.807) is 14.2 Å². The molecule has 5 rings (SSSR count). The van der Waals surface area contributed by atoms with Crippen LogP contribution in [0.3, 0.4) is 0 Å². The normalized spacial score (nSPS) is 10.9. The third-order valence-electron chi connectivity index (χ3n) is 6.86. The van der Waals surface area contributed by atoms with Gasteiger partial charge in [-0.25, -0.2) is 4.98 Å². The van der Waals surface area contributed by atoms with E-state index in [2.05, 4.69) is 86.8 Å². The van der Waals surface area contributed by atoms with Gasteiger partial charge >= 0.3 is 0 Å². The SMILES string of the molecule is COc1ccc(CNc2nc(-c3c(C)cccc3C)c(-c3cccc(OC)c3)c3cc(C)ccc23)cc1. The lowest BCUT2D eigenvalue weighted by Crippen LogP contribution is -2.05. The molecule has 4 nitrogen and oxygen atoms in total. The van der Waals surface area contributed by atoms with Crippen LogP contribution in [0.2, 0.25) is 0 Å². The fraction of sp³-hybridized carbons (Fsp3) is 0.182. The lowest BCUT2D eigenvalue weighted by molar-refractivity contribution is 0.414. The van der Waals surface area contributed by atoms with Gasteiger partial charge in [0.05, 0.1) is 19.9 Å². The predicted octanol–water partition coefficient (Wildman–Crippen LogP) is 8.12. The first kappa shape index (κ1) is 24.4. The van der Waals surface area contributed by atoms with Gasteiger partial charge in [0.25, 0.3) is 0 Å².